The van der Waals surface area contributed by atoms with Gasteiger partial charge in [-0.1, -0.05) is 17.7 Å². The van der Waals surface area contributed by atoms with E-state index in [4.69, 9.17) is 17.0 Å². The summed E-state index contributed by atoms with van der Waals surface area (Å²) in [6.07, 6.45) is -1.20. The molecule has 1 aliphatic rings. The zero-order valence-corrected chi connectivity index (χ0v) is 18.6. The summed E-state index contributed by atoms with van der Waals surface area (Å²) >= 11 is 6.11. The average molecular weight is 483 g/mol. The molecular weight excluding hydrogens is 461 g/mol. The largest absolute Gasteiger partial charge is 0.381 e. The van der Waals surface area contributed by atoms with Gasteiger partial charge in [-0.2, -0.15) is 5.10 Å². The van der Waals surface area contributed by atoms with Gasteiger partial charge >= 0.3 is 0 Å². The number of anilines is 1. The minimum absolute atomic E-state index is 0.0529. The number of aromatic amines is 1. The van der Waals surface area contributed by atoms with E-state index >= 15 is 0 Å². The SMILES string of the molecule is CNC(=O)C(=N)C1=C(N[C@H](C)c2ccc(F)cc2C(F)F)CCN(c2cn[nH]c(=O)c2Cl)C1. The topological polar surface area (TPSA) is 114 Å². The number of alkyl halides is 2. The minimum atomic E-state index is -2.87. The van der Waals surface area contributed by atoms with Crippen LogP contribution in [0, 0.1) is 11.2 Å². The maximum absolute atomic E-state index is 13.5. The molecule has 0 unspecified atom stereocenters. The molecule has 0 fully saturated rings. The maximum Gasteiger partial charge on any atom is 0.285 e. The third-order valence-corrected chi connectivity index (χ3v) is 5.73. The highest BCUT2D eigenvalue weighted by Crippen LogP contribution is 2.31. The molecule has 0 saturated heterocycles. The summed E-state index contributed by atoms with van der Waals surface area (Å²) < 4.78 is 40.4. The number of nitrogens with one attached hydrogen (secondary N) is 4. The van der Waals surface area contributed by atoms with Gasteiger partial charge in [0.2, 0.25) is 0 Å². The van der Waals surface area contributed by atoms with Gasteiger partial charge in [-0.25, -0.2) is 18.3 Å². The summed E-state index contributed by atoms with van der Waals surface area (Å²) in [5, 5.41) is 19.8. The molecule has 0 bridgehead atoms. The van der Waals surface area contributed by atoms with E-state index in [0.717, 1.165) is 12.1 Å². The van der Waals surface area contributed by atoms with Gasteiger partial charge in [0.05, 0.1) is 11.9 Å². The van der Waals surface area contributed by atoms with Crippen LogP contribution in [0.1, 0.15) is 36.9 Å². The van der Waals surface area contributed by atoms with Crippen molar-refractivity contribution >= 4 is 28.9 Å². The quantitative estimate of drug-likeness (QED) is 0.453. The number of nitrogens with zero attached hydrogens (tertiary/aromatic N) is 2. The third kappa shape index (κ3) is 5.19. The zero-order chi connectivity index (χ0) is 24.3. The van der Waals surface area contributed by atoms with Crippen LogP contribution < -0.4 is 21.1 Å². The molecule has 0 saturated carbocycles. The molecule has 2 heterocycles. The van der Waals surface area contributed by atoms with E-state index in [2.05, 4.69) is 20.8 Å². The molecule has 0 radical (unpaired) electrons. The van der Waals surface area contributed by atoms with Crippen molar-refractivity contribution in [3.05, 3.63) is 68.0 Å². The Kier molecular flexibility index (Phi) is 7.42. The van der Waals surface area contributed by atoms with Crippen LogP contribution in [0.4, 0.5) is 18.9 Å². The summed E-state index contributed by atoms with van der Waals surface area (Å²) in [6, 6.07) is 2.53. The van der Waals surface area contributed by atoms with Crippen molar-refractivity contribution in [2.45, 2.75) is 25.8 Å². The predicted octanol–water partition coefficient (Wildman–Crippen LogP) is 3.08. The molecule has 33 heavy (non-hydrogen) atoms. The first-order chi connectivity index (χ1) is 15.6. The Morgan fingerprint density at radius 3 is 2.73 bits per heavy atom. The number of aromatic nitrogens is 2. The van der Waals surface area contributed by atoms with E-state index in [1.807, 2.05) is 0 Å². The van der Waals surface area contributed by atoms with E-state index in [1.165, 1.54) is 19.3 Å². The lowest BCUT2D eigenvalue weighted by Crippen LogP contribution is -2.41. The molecule has 4 N–H and O–H groups in total. The fraction of sp³-hybridized carbons (Fsp3) is 0.333. The van der Waals surface area contributed by atoms with Gasteiger partial charge in [0.1, 0.15) is 16.6 Å². The molecule has 3 rings (SSSR count). The van der Waals surface area contributed by atoms with Gasteiger partial charge in [-0.15, -0.1) is 0 Å². The first-order valence-corrected chi connectivity index (χ1v) is 10.4. The van der Waals surface area contributed by atoms with Crippen molar-refractivity contribution in [2.75, 3.05) is 25.0 Å². The number of H-pyrrole nitrogens is 1. The van der Waals surface area contributed by atoms with Gasteiger partial charge in [0.25, 0.3) is 17.9 Å². The second kappa shape index (κ2) is 10.1. The number of rotatable bonds is 7. The molecule has 1 aromatic heterocycles. The van der Waals surface area contributed by atoms with E-state index in [-0.39, 0.29) is 22.8 Å². The molecule has 12 heteroatoms. The van der Waals surface area contributed by atoms with Crippen LogP contribution in [0.15, 0.2) is 40.5 Å². The van der Waals surface area contributed by atoms with Crippen LogP contribution in [0.5, 0.6) is 0 Å². The second-order valence-electron chi connectivity index (χ2n) is 7.42. The van der Waals surface area contributed by atoms with Crippen LogP contribution in [-0.2, 0) is 4.79 Å². The number of hydrogen-bond acceptors (Lipinski definition) is 6. The van der Waals surface area contributed by atoms with Crippen LogP contribution in [0.25, 0.3) is 0 Å². The fourth-order valence-electron chi connectivity index (χ4n) is 3.68. The minimum Gasteiger partial charge on any atom is -0.381 e. The van der Waals surface area contributed by atoms with Gasteiger partial charge < -0.3 is 15.5 Å². The van der Waals surface area contributed by atoms with Gasteiger partial charge in [-0.05, 0) is 24.6 Å². The fourth-order valence-corrected chi connectivity index (χ4v) is 3.89. The number of amides is 1. The Balaban J connectivity index is 1.98. The van der Waals surface area contributed by atoms with Crippen molar-refractivity contribution in [1.29, 1.82) is 5.41 Å². The van der Waals surface area contributed by atoms with Crippen molar-refractivity contribution in [1.82, 2.24) is 20.8 Å². The Labute approximate surface area is 192 Å². The standard InChI is InChI=1S/C21H22ClF3N6O2/c1-10(12-4-3-11(23)7-13(12)19(24)25)29-15-5-6-31(9-14(15)18(26)21(33)27-2)16-8-28-30-20(32)17(16)22/h3-4,7-8,10,19,26,29H,5-6,9H2,1-2H3,(H,27,33)(H,30,32)/t10-/m1/s1. The van der Waals surface area contributed by atoms with Crippen LogP contribution in [0.2, 0.25) is 5.02 Å². The first kappa shape index (κ1) is 24.3. The molecule has 1 atom stereocenters. The molecule has 0 aliphatic carbocycles. The monoisotopic (exact) mass is 482 g/mol. The number of carbonyl (C=O) groups excluding carboxylic acids is 1. The van der Waals surface area contributed by atoms with Crippen LogP contribution >= 0.6 is 11.6 Å². The van der Waals surface area contributed by atoms with Crippen molar-refractivity contribution < 1.29 is 18.0 Å². The summed E-state index contributed by atoms with van der Waals surface area (Å²) in [5.41, 5.74) is 0.0309. The Morgan fingerprint density at radius 1 is 1.33 bits per heavy atom. The zero-order valence-electron chi connectivity index (χ0n) is 17.8. The second-order valence-corrected chi connectivity index (χ2v) is 7.80. The molecule has 176 valence electrons. The summed E-state index contributed by atoms with van der Waals surface area (Å²) in [6.45, 7) is 2.05. The predicted molar refractivity (Wildman–Crippen MR) is 118 cm³/mol. The highest BCUT2D eigenvalue weighted by Gasteiger charge is 2.28. The molecule has 8 nitrogen and oxygen atoms in total. The lowest BCUT2D eigenvalue weighted by atomic mass is 9.97. The molecule has 1 aromatic carbocycles. The molecule has 1 aliphatic heterocycles. The smallest absolute Gasteiger partial charge is 0.285 e. The first-order valence-electron chi connectivity index (χ1n) is 9.99. The van der Waals surface area contributed by atoms with Crippen LogP contribution in [-0.4, -0.2) is 42.0 Å². The molecule has 2 aromatic rings. The van der Waals surface area contributed by atoms with Crippen molar-refractivity contribution in [3.8, 4) is 0 Å². The summed E-state index contributed by atoms with van der Waals surface area (Å²) in [7, 11) is 1.39. The summed E-state index contributed by atoms with van der Waals surface area (Å²) in [5.74, 6) is -1.40. The Bertz CT molecular complexity index is 1170. The highest BCUT2D eigenvalue weighted by atomic mass is 35.5. The normalized spacial score (nSPS) is 14.9. The average Bonchev–Trinajstić information content (AvgIpc) is 2.80. The van der Waals surface area contributed by atoms with Gasteiger partial charge in [-0.3, -0.25) is 15.0 Å². The van der Waals surface area contributed by atoms with E-state index < -0.39 is 35.3 Å². The van der Waals surface area contributed by atoms with E-state index in [1.54, 1.807) is 11.8 Å². The Morgan fingerprint density at radius 2 is 2.06 bits per heavy atom. The Hall–Kier alpha value is -3.34. The molecule has 0 spiro atoms. The lowest BCUT2D eigenvalue weighted by molar-refractivity contribution is -0.114. The number of benzene rings is 1. The third-order valence-electron chi connectivity index (χ3n) is 5.36. The maximum atomic E-state index is 13.5. The van der Waals surface area contributed by atoms with Gasteiger partial charge in [0, 0.05) is 49.4 Å². The number of halogens is 4. The van der Waals surface area contributed by atoms with E-state index in [9.17, 15) is 22.8 Å². The molecular formula is C21H22ClF3N6O2. The highest BCUT2D eigenvalue weighted by molar-refractivity contribution is 6.44. The van der Waals surface area contributed by atoms with Gasteiger partial charge in [0.15, 0.2) is 0 Å². The van der Waals surface area contributed by atoms with Crippen molar-refractivity contribution in [2.24, 2.45) is 0 Å². The number of carbonyl (C=O) groups is 1. The van der Waals surface area contributed by atoms with Crippen molar-refractivity contribution in [3.63, 3.8) is 0 Å². The van der Waals surface area contributed by atoms with E-state index in [0.29, 0.717) is 29.9 Å². The summed E-state index contributed by atoms with van der Waals surface area (Å²) in [4.78, 5) is 25.7. The lowest BCUT2D eigenvalue weighted by Gasteiger charge is -2.34. The number of hydrogen-bond donors (Lipinski definition) is 4. The van der Waals surface area contributed by atoms with Crippen LogP contribution in [0.3, 0.4) is 0 Å². The molecule has 1 amide bonds.